The number of thioether (sulfide) groups is 1. The molecule has 1 aliphatic carbocycles. The number of halogens is 2. The van der Waals surface area contributed by atoms with E-state index >= 15 is 0 Å². The first kappa shape index (κ1) is 16.2. The normalized spacial score (nSPS) is 22.3. The fraction of sp³-hybridized carbons (Fsp3) is 0.533. The van der Waals surface area contributed by atoms with E-state index in [0.29, 0.717) is 28.1 Å². The number of benzene rings is 1. The zero-order valence-corrected chi connectivity index (χ0v) is 12.4. The lowest BCUT2D eigenvalue weighted by molar-refractivity contribution is 0.0914. The lowest BCUT2D eigenvalue weighted by atomic mass is 9.86. The van der Waals surface area contributed by atoms with Crippen LogP contribution >= 0.6 is 11.8 Å². The van der Waals surface area contributed by atoms with E-state index in [1.165, 1.54) is 12.1 Å². The van der Waals surface area contributed by atoms with Crippen molar-refractivity contribution in [1.82, 2.24) is 5.32 Å². The number of aliphatic hydroxyl groups is 1. The first-order valence-electron chi connectivity index (χ1n) is 7.05. The molecule has 1 saturated carbocycles. The number of aliphatic hydroxyl groups excluding tert-OH is 1. The smallest absolute Gasteiger partial charge is 0.288 e. The first-order valence-corrected chi connectivity index (χ1v) is 7.93. The number of carbonyl (C=O) groups excluding carboxylic acids is 1. The van der Waals surface area contributed by atoms with E-state index in [9.17, 15) is 13.6 Å². The molecule has 1 aromatic carbocycles. The Morgan fingerprint density at radius 3 is 2.38 bits per heavy atom. The highest BCUT2D eigenvalue weighted by molar-refractivity contribution is 7.99. The van der Waals surface area contributed by atoms with Gasteiger partial charge in [-0.1, -0.05) is 11.8 Å². The summed E-state index contributed by atoms with van der Waals surface area (Å²) in [7, 11) is 0. The molecular weight excluding hydrogens is 296 g/mol. The quantitative estimate of drug-likeness (QED) is 0.820. The monoisotopic (exact) mass is 315 g/mol. The molecule has 1 amide bonds. The Labute approximate surface area is 127 Å². The average Bonchev–Trinajstić information content (AvgIpc) is 2.48. The minimum Gasteiger partial charge on any atom is -0.396 e. The van der Waals surface area contributed by atoms with Gasteiger partial charge in [0.15, 0.2) is 0 Å². The van der Waals surface area contributed by atoms with E-state index in [1.54, 1.807) is 12.1 Å². The molecule has 1 fully saturated rings. The van der Waals surface area contributed by atoms with Crippen LogP contribution in [0, 0.1) is 5.92 Å². The molecule has 0 spiro atoms. The number of nitrogens with one attached hydrogen (secondary N) is 1. The standard InChI is InChI=1S/C15H19F2NO2S/c16-15(17)21-13-7-3-11(4-8-13)14(20)18-12-5-1-10(9-19)2-6-12/h3-4,7-8,10,12,15,19H,1-2,5-6,9H2,(H,18,20). The van der Waals surface area contributed by atoms with Crippen LogP contribution in [0.4, 0.5) is 8.78 Å². The Morgan fingerprint density at radius 2 is 1.86 bits per heavy atom. The number of alkyl halides is 2. The second kappa shape index (κ2) is 7.75. The lowest BCUT2D eigenvalue weighted by Gasteiger charge is -2.27. The Hall–Kier alpha value is -1.14. The summed E-state index contributed by atoms with van der Waals surface area (Å²) in [6, 6.07) is 6.34. The number of hydrogen-bond acceptors (Lipinski definition) is 3. The molecule has 0 atom stereocenters. The van der Waals surface area contributed by atoms with Crippen LogP contribution in [0.1, 0.15) is 36.0 Å². The third-order valence-corrected chi connectivity index (χ3v) is 4.50. The number of hydrogen-bond donors (Lipinski definition) is 2. The van der Waals surface area contributed by atoms with Crippen molar-refractivity contribution in [3.8, 4) is 0 Å². The van der Waals surface area contributed by atoms with Gasteiger partial charge in [-0.2, -0.15) is 8.78 Å². The van der Waals surface area contributed by atoms with Crippen molar-refractivity contribution in [3.05, 3.63) is 29.8 Å². The third kappa shape index (κ3) is 4.97. The van der Waals surface area contributed by atoms with Gasteiger partial charge in [0.1, 0.15) is 0 Å². The molecule has 0 saturated heterocycles. The molecule has 2 rings (SSSR count). The van der Waals surface area contributed by atoms with Crippen molar-refractivity contribution in [2.45, 2.75) is 42.4 Å². The molecule has 0 bridgehead atoms. The zero-order chi connectivity index (χ0) is 15.2. The molecule has 2 N–H and O–H groups in total. The molecule has 0 aromatic heterocycles. The molecule has 0 heterocycles. The second-order valence-corrected chi connectivity index (χ2v) is 6.34. The number of amides is 1. The van der Waals surface area contributed by atoms with Gasteiger partial charge >= 0.3 is 0 Å². The SMILES string of the molecule is O=C(NC1CCC(CO)CC1)c1ccc(SC(F)F)cc1. The van der Waals surface area contributed by atoms with E-state index < -0.39 is 5.76 Å². The predicted octanol–water partition coefficient (Wildman–Crippen LogP) is 3.28. The van der Waals surface area contributed by atoms with Gasteiger partial charge in [0.2, 0.25) is 0 Å². The van der Waals surface area contributed by atoms with Crippen molar-refractivity contribution in [1.29, 1.82) is 0 Å². The van der Waals surface area contributed by atoms with Crippen molar-refractivity contribution in [2.75, 3.05) is 6.61 Å². The Balaban J connectivity index is 1.86. The largest absolute Gasteiger partial charge is 0.396 e. The van der Waals surface area contributed by atoms with Crippen LogP contribution in [0.2, 0.25) is 0 Å². The summed E-state index contributed by atoms with van der Waals surface area (Å²) in [5, 5.41) is 12.0. The summed E-state index contributed by atoms with van der Waals surface area (Å²) in [5.74, 6) is -2.27. The summed E-state index contributed by atoms with van der Waals surface area (Å²) < 4.78 is 24.4. The van der Waals surface area contributed by atoms with E-state index in [2.05, 4.69) is 5.32 Å². The second-order valence-electron chi connectivity index (χ2n) is 5.28. The Kier molecular flexibility index (Phi) is 5.99. The lowest BCUT2D eigenvalue weighted by Crippen LogP contribution is -2.38. The van der Waals surface area contributed by atoms with Crippen molar-refractivity contribution in [3.63, 3.8) is 0 Å². The van der Waals surface area contributed by atoms with Crippen molar-refractivity contribution in [2.24, 2.45) is 5.92 Å². The van der Waals surface area contributed by atoms with Crippen LogP contribution in [0.3, 0.4) is 0 Å². The molecule has 1 aromatic rings. The molecule has 0 radical (unpaired) electrons. The van der Waals surface area contributed by atoms with Gasteiger partial charge in [-0.15, -0.1) is 0 Å². The van der Waals surface area contributed by atoms with E-state index in [0.717, 1.165) is 25.7 Å². The molecule has 0 aliphatic heterocycles. The van der Waals surface area contributed by atoms with E-state index in [-0.39, 0.29) is 18.6 Å². The van der Waals surface area contributed by atoms with Crippen LogP contribution in [0.15, 0.2) is 29.2 Å². The maximum atomic E-state index is 12.2. The Morgan fingerprint density at radius 1 is 1.24 bits per heavy atom. The van der Waals surface area contributed by atoms with Crippen LogP contribution in [-0.4, -0.2) is 29.4 Å². The predicted molar refractivity (Wildman–Crippen MR) is 78.6 cm³/mol. The molecule has 0 unspecified atom stereocenters. The summed E-state index contributed by atoms with van der Waals surface area (Å²) in [4.78, 5) is 12.5. The van der Waals surface area contributed by atoms with Gasteiger partial charge in [0, 0.05) is 23.1 Å². The van der Waals surface area contributed by atoms with Crippen LogP contribution in [0.25, 0.3) is 0 Å². The van der Waals surface area contributed by atoms with Gasteiger partial charge in [-0.25, -0.2) is 0 Å². The third-order valence-electron chi connectivity index (χ3n) is 3.78. The van der Waals surface area contributed by atoms with Gasteiger partial charge in [-0.05, 0) is 55.9 Å². The maximum Gasteiger partial charge on any atom is 0.288 e. The highest BCUT2D eigenvalue weighted by Crippen LogP contribution is 2.26. The van der Waals surface area contributed by atoms with E-state index in [4.69, 9.17) is 5.11 Å². The van der Waals surface area contributed by atoms with Crippen LogP contribution in [0.5, 0.6) is 0 Å². The van der Waals surface area contributed by atoms with Gasteiger partial charge in [0.05, 0.1) is 0 Å². The summed E-state index contributed by atoms with van der Waals surface area (Å²) in [6.07, 6.45) is 3.59. The van der Waals surface area contributed by atoms with Gasteiger partial charge in [-0.3, -0.25) is 4.79 Å². The maximum absolute atomic E-state index is 12.2. The van der Waals surface area contributed by atoms with Gasteiger partial charge in [0.25, 0.3) is 11.7 Å². The zero-order valence-electron chi connectivity index (χ0n) is 11.6. The summed E-state index contributed by atoms with van der Waals surface area (Å²) in [6.45, 7) is 0.212. The Bertz CT molecular complexity index is 459. The molecular formula is C15H19F2NO2S. The minimum atomic E-state index is -2.45. The van der Waals surface area contributed by atoms with Crippen LogP contribution < -0.4 is 5.32 Å². The highest BCUT2D eigenvalue weighted by Gasteiger charge is 2.22. The van der Waals surface area contributed by atoms with E-state index in [1.807, 2.05) is 0 Å². The summed E-state index contributed by atoms with van der Waals surface area (Å²) in [5.41, 5.74) is 0.484. The fourth-order valence-corrected chi connectivity index (χ4v) is 3.04. The van der Waals surface area contributed by atoms with Crippen molar-refractivity contribution < 1.29 is 18.7 Å². The molecule has 1 aliphatic rings. The number of carbonyl (C=O) groups is 1. The first-order chi connectivity index (χ1) is 10.1. The average molecular weight is 315 g/mol. The van der Waals surface area contributed by atoms with Gasteiger partial charge < -0.3 is 10.4 Å². The van der Waals surface area contributed by atoms with Crippen molar-refractivity contribution >= 4 is 17.7 Å². The molecule has 116 valence electrons. The van der Waals surface area contributed by atoms with Crippen LogP contribution in [-0.2, 0) is 0 Å². The number of rotatable bonds is 5. The topological polar surface area (TPSA) is 49.3 Å². The molecule has 21 heavy (non-hydrogen) atoms. The highest BCUT2D eigenvalue weighted by atomic mass is 32.2. The summed E-state index contributed by atoms with van der Waals surface area (Å²) >= 11 is 0.469. The minimum absolute atomic E-state index is 0.135. The fourth-order valence-electron chi connectivity index (χ4n) is 2.55. The molecule has 6 heteroatoms. The molecule has 3 nitrogen and oxygen atoms in total.